The van der Waals surface area contributed by atoms with Crippen molar-refractivity contribution in [3.63, 3.8) is 0 Å². The fourth-order valence-corrected chi connectivity index (χ4v) is 3.21. The van der Waals surface area contributed by atoms with Crippen molar-refractivity contribution < 1.29 is 9.47 Å². The predicted octanol–water partition coefficient (Wildman–Crippen LogP) is 1.11. The van der Waals surface area contributed by atoms with Crippen LogP contribution in [0.3, 0.4) is 0 Å². The second-order valence-electron chi connectivity index (χ2n) is 6.32. The molecule has 0 spiro atoms. The summed E-state index contributed by atoms with van der Waals surface area (Å²) < 4.78 is 13.3. The van der Waals surface area contributed by atoms with E-state index in [9.17, 15) is 0 Å². The Hall–Kier alpha value is -2.94. The molecule has 1 aromatic carbocycles. The lowest BCUT2D eigenvalue weighted by Crippen LogP contribution is -2.44. The molecule has 0 saturated carbocycles. The van der Waals surface area contributed by atoms with Gasteiger partial charge in [0.25, 0.3) is 0 Å². The third-order valence-corrected chi connectivity index (χ3v) is 4.58. The summed E-state index contributed by atoms with van der Waals surface area (Å²) in [5.74, 6) is 2.32. The van der Waals surface area contributed by atoms with E-state index < -0.39 is 0 Å². The van der Waals surface area contributed by atoms with Crippen LogP contribution in [0.25, 0.3) is 10.9 Å². The largest absolute Gasteiger partial charge is 0.493 e. The zero-order valence-corrected chi connectivity index (χ0v) is 15.3. The molecule has 0 aliphatic carbocycles. The Labute approximate surface area is 157 Å². The SMILES string of the molecule is COc1cc2c(N3CCNCC3)ncnc2cc1OCCCn1ccnn1. The summed E-state index contributed by atoms with van der Waals surface area (Å²) in [6.07, 6.45) is 5.94. The number of aryl methyl sites for hydroxylation is 1. The number of hydrogen-bond acceptors (Lipinski definition) is 8. The summed E-state index contributed by atoms with van der Waals surface area (Å²) in [6, 6.07) is 3.90. The van der Waals surface area contributed by atoms with Crippen molar-refractivity contribution in [3.8, 4) is 11.5 Å². The molecule has 1 saturated heterocycles. The number of anilines is 1. The lowest BCUT2D eigenvalue weighted by molar-refractivity contribution is 0.280. The molecular weight excluding hydrogens is 346 g/mol. The minimum Gasteiger partial charge on any atom is -0.493 e. The van der Waals surface area contributed by atoms with E-state index in [1.165, 1.54) is 0 Å². The standard InChI is InChI=1S/C18H23N7O2/c1-26-16-11-14-15(20-13-21-18(14)24-7-3-19-4-8-24)12-17(16)27-10-2-6-25-9-5-22-23-25/h5,9,11-13,19H,2-4,6-8,10H2,1H3. The van der Waals surface area contributed by atoms with Crippen LogP contribution in [0, 0.1) is 0 Å². The van der Waals surface area contributed by atoms with Crippen LogP contribution in [0.5, 0.6) is 11.5 Å². The van der Waals surface area contributed by atoms with E-state index in [4.69, 9.17) is 9.47 Å². The second-order valence-corrected chi connectivity index (χ2v) is 6.32. The van der Waals surface area contributed by atoms with Gasteiger partial charge in [-0.1, -0.05) is 5.21 Å². The first-order valence-corrected chi connectivity index (χ1v) is 9.10. The van der Waals surface area contributed by atoms with Crippen molar-refractivity contribution in [1.29, 1.82) is 0 Å². The molecule has 9 nitrogen and oxygen atoms in total. The van der Waals surface area contributed by atoms with Crippen LogP contribution in [0.1, 0.15) is 6.42 Å². The fourth-order valence-electron chi connectivity index (χ4n) is 3.21. The van der Waals surface area contributed by atoms with E-state index in [1.807, 2.05) is 18.3 Å². The molecular formula is C18H23N7O2. The Kier molecular flexibility index (Phi) is 5.29. The normalized spacial score (nSPS) is 14.5. The molecule has 0 unspecified atom stereocenters. The third-order valence-electron chi connectivity index (χ3n) is 4.58. The molecule has 3 heterocycles. The highest BCUT2D eigenvalue weighted by atomic mass is 16.5. The van der Waals surface area contributed by atoms with E-state index in [0.717, 1.165) is 55.9 Å². The molecule has 3 aromatic rings. The molecule has 27 heavy (non-hydrogen) atoms. The molecule has 142 valence electrons. The molecule has 9 heteroatoms. The van der Waals surface area contributed by atoms with Gasteiger partial charge in [0.15, 0.2) is 11.5 Å². The lowest BCUT2D eigenvalue weighted by atomic mass is 10.2. The maximum atomic E-state index is 5.95. The first-order chi connectivity index (χ1) is 13.3. The number of benzene rings is 1. The van der Waals surface area contributed by atoms with Gasteiger partial charge >= 0.3 is 0 Å². The first kappa shape index (κ1) is 17.5. The van der Waals surface area contributed by atoms with Crippen LogP contribution in [0.4, 0.5) is 5.82 Å². The van der Waals surface area contributed by atoms with Crippen molar-refractivity contribution in [2.75, 3.05) is 44.8 Å². The van der Waals surface area contributed by atoms with Crippen molar-refractivity contribution in [2.45, 2.75) is 13.0 Å². The summed E-state index contributed by atoms with van der Waals surface area (Å²) in [7, 11) is 1.65. The second kappa shape index (κ2) is 8.17. The Morgan fingerprint density at radius 1 is 1.15 bits per heavy atom. The van der Waals surface area contributed by atoms with Gasteiger partial charge in [-0.3, -0.25) is 4.68 Å². The Morgan fingerprint density at radius 3 is 2.81 bits per heavy atom. The van der Waals surface area contributed by atoms with Gasteiger partial charge in [0.1, 0.15) is 12.1 Å². The number of methoxy groups -OCH3 is 1. The van der Waals surface area contributed by atoms with Gasteiger partial charge in [-0.15, -0.1) is 5.10 Å². The molecule has 0 radical (unpaired) electrons. The smallest absolute Gasteiger partial charge is 0.163 e. The van der Waals surface area contributed by atoms with E-state index in [2.05, 4.69) is 30.5 Å². The number of aromatic nitrogens is 5. The van der Waals surface area contributed by atoms with E-state index in [0.29, 0.717) is 18.1 Å². The first-order valence-electron chi connectivity index (χ1n) is 9.10. The molecule has 4 rings (SSSR count). The molecule has 0 bridgehead atoms. The predicted molar refractivity (Wildman–Crippen MR) is 101 cm³/mol. The zero-order chi connectivity index (χ0) is 18.5. The molecule has 1 N–H and O–H groups in total. The average Bonchev–Trinajstić information content (AvgIpc) is 3.24. The minimum absolute atomic E-state index is 0.553. The van der Waals surface area contributed by atoms with E-state index in [-0.39, 0.29) is 0 Å². The lowest BCUT2D eigenvalue weighted by Gasteiger charge is -2.29. The van der Waals surface area contributed by atoms with Gasteiger partial charge in [0.05, 0.1) is 25.4 Å². The quantitative estimate of drug-likeness (QED) is 0.620. The van der Waals surface area contributed by atoms with Gasteiger partial charge in [-0.25, -0.2) is 9.97 Å². The van der Waals surface area contributed by atoms with Crippen LogP contribution in [0.2, 0.25) is 0 Å². The van der Waals surface area contributed by atoms with Crippen molar-refractivity contribution in [3.05, 3.63) is 30.9 Å². The monoisotopic (exact) mass is 369 g/mol. The zero-order valence-electron chi connectivity index (χ0n) is 15.3. The number of nitrogens with zero attached hydrogens (tertiary/aromatic N) is 6. The van der Waals surface area contributed by atoms with Crippen LogP contribution >= 0.6 is 0 Å². The molecule has 1 aliphatic rings. The number of hydrogen-bond donors (Lipinski definition) is 1. The summed E-state index contributed by atoms with van der Waals surface area (Å²) in [5, 5.41) is 12.1. The van der Waals surface area contributed by atoms with Crippen LogP contribution in [-0.4, -0.2) is 64.9 Å². The van der Waals surface area contributed by atoms with Crippen molar-refractivity contribution >= 4 is 16.7 Å². The van der Waals surface area contributed by atoms with Crippen molar-refractivity contribution in [1.82, 2.24) is 30.3 Å². The highest BCUT2D eigenvalue weighted by Gasteiger charge is 2.17. The third kappa shape index (κ3) is 3.92. The maximum Gasteiger partial charge on any atom is 0.163 e. The van der Waals surface area contributed by atoms with Gasteiger partial charge in [-0.05, 0) is 6.07 Å². The number of nitrogens with one attached hydrogen (secondary N) is 1. The highest BCUT2D eigenvalue weighted by molar-refractivity contribution is 5.92. The number of piperazine rings is 1. The minimum atomic E-state index is 0.553. The Bertz CT molecular complexity index is 879. The summed E-state index contributed by atoms with van der Waals surface area (Å²) >= 11 is 0. The Balaban J connectivity index is 1.52. The van der Waals surface area contributed by atoms with Gasteiger partial charge in [0, 0.05) is 56.8 Å². The summed E-state index contributed by atoms with van der Waals surface area (Å²) in [4.78, 5) is 11.2. The molecule has 1 aliphatic heterocycles. The van der Waals surface area contributed by atoms with Gasteiger partial charge in [0.2, 0.25) is 0 Å². The van der Waals surface area contributed by atoms with Gasteiger partial charge < -0.3 is 19.7 Å². The maximum absolute atomic E-state index is 5.95. The topological polar surface area (TPSA) is 90.2 Å². The van der Waals surface area contributed by atoms with Crippen LogP contribution in [0.15, 0.2) is 30.9 Å². The number of rotatable bonds is 7. The average molecular weight is 369 g/mol. The number of fused-ring (bicyclic) bond motifs is 1. The van der Waals surface area contributed by atoms with Gasteiger partial charge in [-0.2, -0.15) is 0 Å². The van der Waals surface area contributed by atoms with Crippen molar-refractivity contribution in [2.24, 2.45) is 0 Å². The summed E-state index contributed by atoms with van der Waals surface area (Å²) in [6.45, 7) is 5.07. The van der Waals surface area contributed by atoms with E-state index >= 15 is 0 Å². The fraction of sp³-hybridized carbons (Fsp3) is 0.444. The summed E-state index contributed by atoms with van der Waals surface area (Å²) in [5.41, 5.74) is 0.852. The number of ether oxygens (including phenoxy) is 2. The molecule has 0 atom stereocenters. The van der Waals surface area contributed by atoms with Crippen LogP contribution < -0.4 is 19.7 Å². The Morgan fingerprint density at radius 2 is 2.04 bits per heavy atom. The molecule has 2 aromatic heterocycles. The van der Waals surface area contributed by atoms with E-state index in [1.54, 1.807) is 24.3 Å². The van der Waals surface area contributed by atoms with Crippen LogP contribution in [-0.2, 0) is 6.54 Å². The molecule has 0 amide bonds. The highest BCUT2D eigenvalue weighted by Crippen LogP contribution is 2.35. The molecule has 1 fully saturated rings.